The van der Waals surface area contributed by atoms with E-state index in [1.807, 2.05) is 0 Å². The van der Waals surface area contributed by atoms with Gasteiger partial charge in [-0.25, -0.2) is 0 Å². The van der Waals surface area contributed by atoms with Gasteiger partial charge in [0, 0.05) is 32.7 Å². The molecular weight excluding hydrogens is 209 g/mol. The average molecular weight is 225 g/mol. The summed E-state index contributed by atoms with van der Waals surface area (Å²) in [4.78, 5) is 0. The summed E-state index contributed by atoms with van der Waals surface area (Å²) in [5.74, 6) is 0. The van der Waals surface area contributed by atoms with Gasteiger partial charge in [0.1, 0.15) is 0 Å². The molecule has 0 saturated heterocycles. The molecule has 1 heteroatoms. The van der Waals surface area contributed by atoms with E-state index in [4.69, 9.17) is 0 Å². The zero-order valence-corrected chi connectivity index (χ0v) is 10.7. The molecule has 1 aliphatic carbocycles. The maximum Gasteiger partial charge on any atom is 0 e. The Morgan fingerprint density at radius 2 is 1.09 bits per heavy atom. The van der Waals surface area contributed by atoms with E-state index in [9.17, 15) is 0 Å². The van der Waals surface area contributed by atoms with Crippen LogP contribution in [0.25, 0.3) is 0 Å². The van der Waals surface area contributed by atoms with E-state index in [1.165, 1.54) is 0 Å². The smallest absolute Gasteiger partial charge is 0 e. The first kappa shape index (κ1) is 11.6. The molecule has 0 amide bonds. The zero-order chi connectivity index (χ0) is 7.83. The molecule has 0 N–H and O–H groups in total. The Balaban J connectivity index is 0.000001000. The first-order valence-corrected chi connectivity index (χ1v) is 3.83. The first-order valence-electron chi connectivity index (χ1n) is 3.83. The molecule has 0 aromatic rings. The van der Waals surface area contributed by atoms with E-state index in [-0.39, 0.29) is 32.7 Å². The van der Waals surface area contributed by atoms with Gasteiger partial charge in [0.2, 0.25) is 0 Å². The van der Waals surface area contributed by atoms with Crippen LogP contribution in [0.2, 0.25) is 0 Å². The fourth-order valence-corrected chi connectivity index (χ4v) is 1.02. The molecule has 11 heavy (non-hydrogen) atoms. The van der Waals surface area contributed by atoms with Crippen molar-refractivity contribution in [2.75, 3.05) is 0 Å². The van der Waals surface area contributed by atoms with Gasteiger partial charge in [0.25, 0.3) is 0 Å². The van der Waals surface area contributed by atoms with Gasteiger partial charge in [-0.2, -0.15) is 0 Å². The van der Waals surface area contributed by atoms with Crippen LogP contribution in [0.4, 0.5) is 0 Å². The van der Waals surface area contributed by atoms with Gasteiger partial charge < -0.3 is 25.0 Å². The number of allylic oxidation sites excluding steroid dienone is 2. The van der Waals surface area contributed by atoms with Gasteiger partial charge in [-0.05, 0) is 0 Å². The van der Waals surface area contributed by atoms with Crippen LogP contribution in [-0.4, -0.2) is 0 Å². The topological polar surface area (TPSA) is 0 Å². The Hall–Kier alpha value is 0.584. The second-order valence-corrected chi connectivity index (χ2v) is 4.16. The summed E-state index contributed by atoms with van der Waals surface area (Å²) >= 11 is 0. The fourth-order valence-electron chi connectivity index (χ4n) is 1.02. The Morgan fingerprint density at radius 1 is 0.818 bits per heavy atom. The van der Waals surface area contributed by atoms with Gasteiger partial charge >= 0.3 is 0 Å². The molecule has 0 aromatic carbocycles. The van der Waals surface area contributed by atoms with Crippen LogP contribution in [0.1, 0.15) is 27.7 Å². The second-order valence-electron chi connectivity index (χ2n) is 4.16. The van der Waals surface area contributed by atoms with Crippen molar-refractivity contribution in [3.63, 3.8) is 0 Å². The Labute approximate surface area is 95.7 Å². The SMILES string of the molecule is CC1(C)[CH-]C=C[CH-]C1(C)C.[Y]. The monoisotopic (exact) mass is 225 g/mol. The molecule has 0 fully saturated rings. The van der Waals surface area contributed by atoms with Gasteiger partial charge in [-0.15, -0.1) is 10.8 Å². The van der Waals surface area contributed by atoms with E-state index in [0.29, 0.717) is 10.8 Å². The maximum atomic E-state index is 2.27. The van der Waals surface area contributed by atoms with E-state index in [0.717, 1.165) is 0 Å². The summed E-state index contributed by atoms with van der Waals surface area (Å²) in [6, 6.07) is 0. The standard InChI is InChI=1S/C10H16.Y/c1-9(2)7-5-6-8-10(9,3)4;/h5-8H,1-4H3;/q-2;. The molecule has 0 aromatic heterocycles. The Bertz CT molecular complexity index is 136. The summed E-state index contributed by atoms with van der Waals surface area (Å²) < 4.78 is 0. The molecule has 1 aliphatic rings. The van der Waals surface area contributed by atoms with E-state index in [1.54, 1.807) is 0 Å². The average Bonchev–Trinajstić information content (AvgIpc) is 1.77. The third-order valence-electron chi connectivity index (χ3n) is 2.80. The number of hydrogen-bond acceptors (Lipinski definition) is 0. The molecular formula is C10H16Y-2. The van der Waals surface area contributed by atoms with E-state index < -0.39 is 0 Å². The number of rotatable bonds is 0. The largest absolute Gasteiger partial charge is 0.378 e. The minimum Gasteiger partial charge on any atom is -0.378 e. The molecule has 1 rings (SSSR count). The van der Waals surface area contributed by atoms with Crippen molar-refractivity contribution < 1.29 is 32.7 Å². The van der Waals surface area contributed by atoms with Crippen molar-refractivity contribution in [1.82, 2.24) is 0 Å². The van der Waals surface area contributed by atoms with Crippen molar-refractivity contribution in [3.8, 4) is 0 Å². The zero-order valence-electron chi connectivity index (χ0n) is 7.89. The van der Waals surface area contributed by atoms with Crippen molar-refractivity contribution in [1.29, 1.82) is 0 Å². The molecule has 0 spiro atoms. The summed E-state index contributed by atoms with van der Waals surface area (Å²) in [6.45, 7) is 9.08. The van der Waals surface area contributed by atoms with Gasteiger partial charge in [0.15, 0.2) is 0 Å². The van der Waals surface area contributed by atoms with Crippen LogP contribution in [-0.2, 0) is 32.7 Å². The van der Waals surface area contributed by atoms with Gasteiger partial charge in [-0.3, -0.25) is 0 Å². The minimum absolute atomic E-state index is 0. The normalized spacial score (nSPS) is 24.4. The van der Waals surface area contributed by atoms with E-state index in [2.05, 4.69) is 52.7 Å². The molecule has 61 valence electrons. The van der Waals surface area contributed by atoms with Gasteiger partial charge in [0.05, 0.1) is 0 Å². The summed E-state index contributed by atoms with van der Waals surface area (Å²) in [5.41, 5.74) is 0.615. The van der Waals surface area contributed by atoms with Crippen LogP contribution < -0.4 is 0 Å². The predicted octanol–water partition coefficient (Wildman–Crippen LogP) is 3.01. The quantitative estimate of drug-likeness (QED) is 0.556. The van der Waals surface area contributed by atoms with Gasteiger partial charge in [-0.1, -0.05) is 27.7 Å². The molecule has 0 bridgehead atoms. The van der Waals surface area contributed by atoms with Crippen LogP contribution in [0.3, 0.4) is 0 Å². The molecule has 0 nitrogen and oxygen atoms in total. The maximum absolute atomic E-state index is 2.27. The van der Waals surface area contributed by atoms with Crippen LogP contribution in [0, 0.1) is 23.7 Å². The van der Waals surface area contributed by atoms with Crippen LogP contribution in [0.5, 0.6) is 0 Å². The van der Waals surface area contributed by atoms with Crippen LogP contribution in [0.15, 0.2) is 12.2 Å². The molecule has 0 saturated carbocycles. The molecule has 0 heterocycles. The van der Waals surface area contributed by atoms with Crippen molar-refractivity contribution >= 4 is 0 Å². The molecule has 0 aliphatic heterocycles. The molecule has 1 radical (unpaired) electrons. The third kappa shape index (κ3) is 2.26. The van der Waals surface area contributed by atoms with Crippen molar-refractivity contribution in [2.45, 2.75) is 27.7 Å². The summed E-state index contributed by atoms with van der Waals surface area (Å²) in [5, 5.41) is 0. The summed E-state index contributed by atoms with van der Waals surface area (Å²) in [6.07, 6.45) is 8.80. The van der Waals surface area contributed by atoms with Crippen molar-refractivity contribution in [3.05, 3.63) is 25.0 Å². The van der Waals surface area contributed by atoms with E-state index >= 15 is 0 Å². The Kier molecular flexibility index (Phi) is 3.72. The Morgan fingerprint density at radius 3 is 1.27 bits per heavy atom. The van der Waals surface area contributed by atoms with Crippen molar-refractivity contribution in [2.24, 2.45) is 10.8 Å². The third-order valence-corrected chi connectivity index (χ3v) is 2.80. The minimum atomic E-state index is 0. The second kappa shape index (κ2) is 3.53. The fraction of sp³-hybridized carbons (Fsp3) is 0.600. The molecule has 0 unspecified atom stereocenters. The first-order chi connectivity index (χ1) is 4.46. The molecule has 0 atom stereocenters. The number of hydrogen-bond donors (Lipinski definition) is 0. The summed E-state index contributed by atoms with van der Waals surface area (Å²) in [7, 11) is 0. The van der Waals surface area contributed by atoms with Crippen LogP contribution >= 0.6 is 0 Å². The predicted molar refractivity (Wildman–Crippen MR) is 45.3 cm³/mol.